The number of piperazine rings is 1. The van der Waals surface area contributed by atoms with Gasteiger partial charge in [-0.15, -0.1) is 22.7 Å². The Balaban J connectivity index is 1.19. The Hall–Kier alpha value is -3.52. The molecule has 256 valence electrons. The predicted octanol–water partition coefficient (Wildman–Crippen LogP) is 5.03. The van der Waals surface area contributed by atoms with Gasteiger partial charge < -0.3 is 30.1 Å². The van der Waals surface area contributed by atoms with E-state index in [0.717, 1.165) is 30.6 Å². The third-order valence-corrected chi connectivity index (χ3v) is 11.3. The number of likely N-dealkylation sites (tertiary alicyclic amines) is 1. The number of piperidine rings is 1. The first-order valence-corrected chi connectivity index (χ1v) is 18.8. The molecule has 2 aromatic heterocycles. The number of nitrogens with one attached hydrogen (secondary N) is 2. The van der Waals surface area contributed by atoms with Crippen LogP contribution in [-0.2, 0) is 16.1 Å². The van der Waals surface area contributed by atoms with Gasteiger partial charge in [0.05, 0.1) is 29.7 Å². The van der Waals surface area contributed by atoms with Crippen LogP contribution in [0.3, 0.4) is 0 Å². The SMILES string of the molecule is O=C(NCc1cccs1)[C@@H]1CN(C(=O)Oc2ccccc2Cl)CCN1C(=O)[C@H](NC1CCCCC1)C1CCN(C(=O)c2cscn2)CC1. The maximum Gasteiger partial charge on any atom is 0.415 e. The number of aromatic nitrogens is 1. The van der Waals surface area contributed by atoms with Crippen molar-refractivity contribution in [2.24, 2.45) is 5.92 Å². The lowest BCUT2D eigenvalue weighted by Crippen LogP contribution is -2.66. The first-order valence-electron chi connectivity index (χ1n) is 16.6. The molecule has 4 amide bonds. The second-order valence-corrected chi connectivity index (χ2v) is 14.7. The summed E-state index contributed by atoms with van der Waals surface area (Å²) >= 11 is 9.17. The number of rotatable bonds is 9. The number of para-hydroxylation sites is 1. The molecule has 2 aliphatic heterocycles. The van der Waals surface area contributed by atoms with Crippen molar-refractivity contribution < 1.29 is 23.9 Å². The van der Waals surface area contributed by atoms with E-state index in [2.05, 4.69) is 15.6 Å². The van der Waals surface area contributed by atoms with Crippen molar-refractivity contribution >= 4 is 58.1 Å². The van der Waals surface area contributed by atoms with Gasteiger partial charge >= 0.3 is 6.09 Å². The lowest BCUT2D eigenvalue weighted by molar-refractivity contribution is -0.146. The average molecular weight is 713 g/mol. The lowest BCUT2D eigenvalue weighted by Gasteiger charge is -2.44. The van der Waals surface area contributed by atoms with Crippen molar-refractivity contribution in [3.05, 3.63) is 68.3 Å². The van der Waals surface area contributed by atoms with E-state index in [1.165, 1.54) is 34.0 Å². The van der Waals surface area contributed by atoms with Gasteiger partial charge in [-0.25, -0.2) is 9.78 Å². The largest absolute Gasteiger partial charge is 0.415 e. The van der Waals surface area contributed by atoms with E-state index < -0.39 is 18.2 Å². The Morgan fingerprint density at radius 2 is 1.75 bits per heavy atom. The Bertz CT molecular complexity index is 1540. The molecule has 1 aromatic carbocycles. The van der Waals surface area contributed by atoms with Crippen molar-refractivity contribution in [1.82, 2.24) is 30.3 Å². The van der Waals surface area contributed by atoms with Crippen molar-refractivity contribution in [2.75, 3.05) is 32.7 Å². The molecule has 3 fully saturated rings. The predicted molar refractivity (Wildman–Crippen MR) is 185 cm³/mol. The Morgan fingerprint density at radius 1 is 0.958 bits per heavy atom. The number of halogens is 1. The monoisotopic (exact) mass is 712 g/mol. The first-order chi connectivity index (χ1) is 23.4. The molecule has 14 heteroatoms. The highest BCUT2D eigenvalue weighted by Gasteiger charge is 2.43. The number of hydrogen-bond acceptors (Lipinski definition) is 9. The van der Waals surface area contributed by atoms with Gasteiger partial charge in [-0.1, -0.05) is 49.1 Å². The van der Waals surface area contributed by atoms with E-state index >= 15 is 0 Å². The molecule has 1 aliphatic carbocycles. The van der Waals surface area contributed by atoms with Crippen molar-refractivity contribution in [1.29, 1.82) is 0 Å². The zero-order valence-corrected chi connectivity index (χ0v) is 29.1. The molecule has 48 heavy (non-hydrogen) atoms. The molecule has 11 nitrogen and oxygen atoms in total. The molecule has 2 N–H and O–H groups in total. The molecule has 0 radical (unpaired) electrons. The van der Waals surface area contributed by atoms with Crippen LogP contribution in [0.2, 0.25) is 5.02 Å². The fourth-order valence-corrected chi connectivity index (χ4v) is 8.20. The maximum atomic E-state index is 14.7. The number of thiophene rings is 1. The van der Waals surface area contributed by atoms with Gasteiger partial charge in [0, 0.05) is 42.5 Å². The zero-order chi connectivity index (χ0) is 33.5. The van der Waals surface area contributed by atoms with Gasteiger partial charge in [-0.2, -0.15) is 0 Å². The fraction of sp³-hybridized carbons (Fsp3) is 0.500. The Morgan fingerprint density at radius 3 is 2.46 bits per heavy atom. The molecule has 3 aromatic rings. The number of nitrogens with zero attached hydrogens (tertiary/aromatic N) is 4. The summed E-state index contributed by atoms with van der Waals surface area (Å²) in [7, 11) is 0. The van der Waals surface area contributed by atoms with Crippen LogP contribution in [0.4, 0.5) is 4.79 Å². The van der Waals surface area contributed by atoms with Crippen LogP contribution in [0.25, 0.3) is 0 Å². The molecule has 2 saturated heterocycles. The quantitative estimate of drug-likeness (QED) is 0.319. The van der Waals surface area contributed by atoms with Gasteiger partial charge in [0.1, 0.15) is 11.7 Å². The summed E-state index contributed by atoms with van der Waals surface area (Å²) in [5.74, 6) is -0.331. The third-order valence-electron chi connectivity index (χ3n) is 9.51. The number of carbonyl (C=O) groups excluding carboxylic acids is 4. The molecule has 0 bridgehead atoms. The summed E-state index contributed by atoms with van der Waals surface area (Å²) in [6.07, 6.45) is 6.09. The minimum absolute atomic E-state index is 0.0119. The van der Waals surface area contributed by atoms with E-state index in [4.69, 9.17) is 16.3 Å². The number of ether oxygens (including phenoxy) is 1. The zero-order valence-electron chi connectivity index (χ0n) is 26.7. The molecule has 0 unspecified atom stereocenters. The van der Waals surface area contributed by atoms with Crippen LogP contribution in [0.5, 0.6) is 5.75 Å². The lowest BCUT2D eigenvalue weighted by atomic mass is 9.86. The normalized spacial score (nSPS) is 19.9. The summed E-state index contributed by atoms with van der Waals surface area (Å²) in [4.78, 5) is 64.9. The average Bonchev–Trinajstić information content (AvgIpc) is 3.86. The fourth-order valence-electron chi connectivity index (χ4n) is 6.86. The van der Waals surface area contributed by atoms with Crippen LogP contribution >= 0.6 is 34.3 Å². The number of carbonyl (C=O) groups is 4. The maximum absolute atomic E-state index is 14.7. The molecule has 4 heterocycles. The van der Waals surface area contributed by atoms with Gasteiger partial charge in [-0.05, 0) is 55.2 Å². The number of hydrogen-bond donors (Lipinski definition) is 2. The van der Waals surface area contributed by atoms with Crippen LogP contribution in [0.15, 0.2) is 52.7 Å². The second-order valence-electron chi connectivity index (χ2n) is 12.6. The van der Waals surface area contributed by atoms with Gasteiger partial charge in [0.15, 0.2) is 5.75 Å². The molecule has 3 aliphatic rings. The van der Waals surface area contributed by atoms with E-state index in [9.17, 15) is 19.2 Å². The van der Waals surface area contributed by atoms with E-state index in [1.807, 2.05) is 22.4 Å². The summed E-state index contributed by atoms with van der Waals surface area (Å²) < 4.78 is 5.60. The topological polar surface area (TPSA) is 124 Å². The number of amides is 4. The molecule has 0 spiro atoms. The summed E-state index contributed by atoms with van der Waals surface area (Å²) in [5, 5.41) is 10.7. The van der Waals surface area contributed by atoms with Crippen molar-refractivity contribution in [3.63, 3.8) is 0 Å². The Labute approximate surface area is 293 Å². The summed E-state index contributed by atoms with van der Waals surface area (Å²) in [5.41, 5.74) is 2.11. The second kappa shape index (κ2) is 16.3. The smallest absolute Gasteiger partial charge is 0.409 e. The van der Waals surface area contributed by atoms with Crippen LogP contribution in [-0.4, -0.2) is 94.3 Å². The van der Waals surface area contributed by atoms with Crippen molar-refractivity contribution in [2.45, 2.75) is 69.6 Å². The molecule has 1 saturated carbocycles. The van der Waals surface area contributed by atoms with Crippen LogP contribution in [0, 0.1) is 5.92 Å². The highest BCUT2D eigenvalue weighted by molar-refractivity contribution is 7.09. The number of benzene rings is 1. The highest BCUT2D eigenvalue weighted by Crippen LogP contribution is 2.28. The van der Waals surface area contributed by atoms with Gasteiger partial charge in [0.25, 0.3) is 5.91 Å². The van der Waals surface area contributed by atoms with Gasteiger partial charge in [0.2, 0.25) is 11.8 Å². The minimum atomic E-state index is -0.910. The summed E-state index contributed by atoms with van der Waals surface area (Å²) in [6.45, 7) is 1.77. The molecular formula is C34H41ClN6O5S2. The molecular weight excluding hydrogens is 672 g/mol. The number of thiazole rings is 1. The molecule has 6 rings (SSSR count). The third kappa shape index (κ3) is 8.36. The standard InChI is InChI=1S/C34H41ClN6O5S2/c35-26-10-4-5-11-29(26)46-34(45)40-16-17-41(28(20-40)31(42)36-19-25-9-6-18-48-25)33(44)30(38-24-7-2-1-3-8-24)23-12-14-39(15-13-23)32(43)27-21-47-22-37-27/h4-6,9-11,18,21-24,28,30,38H,1-3,7-8,12-17,19-20H2,(H,36,42)/t28-,30+/m0/s1. The summed E-state index contributed by atoms with van der Waals surface area (Å²) in [6, 6.07) is 9.38. The van der Waals surface area contributed by atoms with E-state index in [0.29, 0.717) is 43.2 Å². The van der Waals surface area contributed by atoms with Crippen LogP contribution in [0.1, 0.15) is 60.3 Å². The minimum Gasteiger partial charge on any atom is -0.409 e. The van der Waals surface area contributed by atoms with Crippen LogP contribution < -0.4 is 15.4 Å². The highest BCUT2D eigenvalue weighted by atomic mass is 35.5. The van der Waals surface area contributed by atoms with E-state index in [-0.39, 0.29) is 55.1 Å². The van der Waals surface area contributed by atoms with Gasteiger partial charge in [-0.3, -0.25) is 14.4 Å². The van der Waals surface area contributed by atoms with Crippen molar-refractivity contribution in [3.8, 4) is 5.75 Å². The van der Waals surface area contributed by atoms with E-state index in [1.54, 1.807) is 40.1 Å². The first kappa shape index (κ1) is 34.3. The molecule has 2 atom stereocenters. The Kier molecular flexibility index (Phi) is 11.6.